The summed E-state index contributed by atoms with van der Waals surface area (Å²) in [4.78, 5) is 17.8. The first-order chi connectivity index (χ1) is 8.22. The van der Waals surface area contributed by atoms with E-state index < -0.39 is 6.09 Å². The fraction of sp³-hybridized carbons (Fsp3) is 0.667. The topological polar surface area (TPSA) is 81.0 Å². The van der Waals surface area contributed by atoms with Gasteiger partial charge in [-0.25, -0.2) is 9.78 Å². The van der Waals surface area contributed by atoms with Gasteiger partial charge in [-0.1, -0.05) is 19.8 Å². The average molecular weight is 239 g/mol. The van der Waals surface area contributed by atoms with E-state index in [-0.39, 0.29) is 6.10 Å². The molecule has 0 aliphatic heterocycles. The van der Waals surface area contributed by atoms with Gasteiger partial charge >= 0.3 is 6.09 Å². The normalized spacial score (nSPS) is 12.3. The van der Waals surface area contributed by atoms with Crippen molar-refractivity contribution in [2.75, 3.05) is 0 Å². The number of hydrogen-bond acceptors (Lipinski definition) is 3. The molecule has 96 valence electrons. The molecule has 1 rings (SSSR count). The highest BCUT2D eigenvalue weighted by Crippen LogP contribution is 2.13. The minimum absolute atomic E-state index is 0.0460. The zero-order valence-corrected chi connectivity index (χ0v) is 10.3. The lowest BCUT2D eigenvalue weighted by atomic mass is 10.1. The van der Waals surface area contributed by atoms with E-state index in [4.69, 9.17) is 10.5 Å². The third-order valence-electron chi connectivity index (χ3n) is 2.69. The van der Waals surface area contributed by atoms with Crippen LogP contribution in [0.25, 0.3) is 0 Å². The first-order valence-corrected chi connectivity index (χ1v) is 6.15. The van der Waals surface area contributed by atoms with E-state index in [2.05, 4.69) is 16.9 Å². The molecule has 1 aromatic heterocycles. The SMILES string of the molecule is CCCCC(CCCc1cnc[nH]1)OC(N)=O. The highest BCUT2D eigenvalue weighted by atomic mass is 16.6. The van der Waals surface area contributed by atoms with Gasteiger partial charge in [-0.05, 0) is 25.7 Å². The number of unbranched alkanes of at least 4 members (excludes halogenated alkanes) is 1. The van der Waals surface area contributed by atoms with Crippen LogP contribution in [0.15, 0.2) is 12.5 Å². The van der Waals surface area contributed by atoms with Crippen molar-refractivity contribution >= 4 is 6.09 Å². The molecule has 0 saturated carbocycles. The molecule has 0 fully saturated rings. The van der Waals surface area contributed by atoms with Gasteiger partial charge in [0.2, 0.25) is 0 Å². The van der Waals surface area contributed by atoms with Crippen LogP contribution in [0, 0.1) is 0 Å². The van der Waals surface area contributed by atoms with Gasteiger partial charge in [0, 0.05) is 11.9 Å². The second kappa shape index (κ2) is 7.70. The molecule has 0 aromatic carbocycles. The van der Waals surface area contributed by atoms with Crippen LogP contribution in [0.4, 0.5) is 4.79 Å². The second-order valence-corrected chi connectivity index (χ2v) is 4.17. The van der Waals surface area contributed by atoms with Crippen LogP contribution < -0.4 is 5.73 Å². The van der Waals surface area contributed by atoms with Crippen LogP contribution in [0.3, 0.4) is 0 Å². The molecule has 0 bridgehead atoms. The average Bonchev–Trinajstić information content (AvgIpc) is 2.78. The summed E-state index contributed by atoms with van der Waals surface area (Å²) >= 11 is 0. The molecule has 1 heterocycles. The predicted molar refractivity (Wildman–Crippen MR) is 65.5 cm³/mol. The Labute approximate surface area is 102 Å². The molecule has 0 saturated heterocycles. The second-order valence-electron chi connectivity index (χ2n) is 4.17. The monoisotopic (exact) mass is 239 g/mol. The van der Waals surface area contributed by atoms with Gasteiger partial charge in [-0.15, -0.1) is 0 Å². The van der Waals surface area contributed by atoms with E-state index in [0.717, 1.165) is 44.2 Å². The third-order valence-corrected chi connectivity index (χ3v) is 2.69. The van der Waals surface area contributed by atoms with Crippen LogP contribution in [0.1, 0.15) is 44.7 Å². The van der Waals surface area contributed by atoms with Crippen molar-refractivity contribution in [3.8, 4) is 0 Å². The van der Waals surface area contributed by atoms with Gasteiger partial charge < -0.3 is 15.5 Å². The molecule has 0 radical (unpaired) electrons. The maximum atomic E-state index is 10.7. The lowest BCUT2D eigenvalue weighted by Gasteiger charge is -2.15. The minimum atomic E-state index is -0.673. The van der Waals surface area contributed by atoms with Crippen molar-refractivity contribution in [2.45, 2.75) is 51.6 Å². The zero-order chi connectivity index (χ0) is 12.5. The van der Waals surface area contributed by atoms with Crippen LogP contribution >= 0.6 is 0 Å². The molecule has 1 amide bonds. The quantitative estimate of drug-likeness (QED) is 0.730. The third kappa shape index (κ3) is 5.94. The van der Waals surface area contributed by atoms with Crippen LogP contribution in [-0.4, -0.2) is 22.2 Å². The van der Waals surface area contributed by atoms with Gasteiger partial charge in [0.05, 0.1) is 6.33 Å². The van der Waals surface area contributed by atoms with E-state index in [1.54, 1.807) is 6.33 Å². The standard InChI is InChI=1S/C12H21N3O2/c1-2-3-6-11(17-12(13)16)7-4-5-10-8-14-9-15-10/h8-9,11H,2-7H2,1H3,(H2,13,16)(H,14,15). The number of nitrogens with zero attached hydrogens (tertiary/aromatic N) is 1. The molecule has 17 heavy (non-hydrogen) atoms. The molecular formula is C12H21N3O2. The number of nitrogens with two attached hydrogens (primary N) is 1. The molecule has 1 aromatic rings. The van der Waals surface area contributed by atoms with Gasteiger partial charge in [-0.3, -0.25) is 0 Å². The fourth-order valence-electron chi connectivity index (χ4n) is 1.80. The molecule has 5 heteroatoms. The number of amides is 1. The van der Waals surface area contributed by atoms with E-state index in [1.807, 2.05) is 6.20 Å². The van der Waals surface area contributed by atoms with Gasteiger partial charge in [-0.2, -0.15) is 0 Å². The lowest BCUT2D eigenvalue weighted by Crippen LogP contribution is -2.23. The summed E-state index contributed by atoms with van der Waals surface area (Å²) in [5.74, 6) is 0. The number of aromatic nitrogens is 2. The maximum Gasteiger partial charge on any atom is 0.404 e. The minimum Gasteiger partial charge on any atom is -0.446 e. The summed E-state index contributed by atoms with van der Waals surface area (Å²) in [6.45, 7) is 2.12. The highest BCUT2D eigenvalue weighted by molar-refractivity contribution is 5.64. The smallest absolute Gasteiger partial charge is 0.404 e. The Morgan fingerprint density at radius 2 is 2.29 bits per heavy atom. The molecule has 0 spiro atoms. The molecule has 3 N–H and O–H groups in total. The molecule has 0 aliphatic rings. The lowest BCUT2D eigenvalue weighted by molar-refractivity contribution is 0.0931. The molecular weight excluding hydrogens is 218 g/mol. The number of carbonyl (C=O) groups is 1. The van der Waals surface area contributed by atoms with Crippen LogP contribution in [0.5, 0.6) is 0 Å². The molecule has 0 aliphatic carbocycles. The Balaban J connectivity index is 2.24. The van der Waals surface area contributed by atoms with Crippen molar-refractivity contribution in [1.82, 2.24) is 9.97 Å². The van der Waals surface area contributed by atoms with E-state index in [0.29, 0.717) is 0 Å². The van der Waals surface area contributed by atoms with Crippen LogP contribution in [-0.2, 0) is 11.2 Å². The van der Waals surface area contributed by atoms with Crippen molar-refractivity contribution in [3.63, 3.8) is 0 Å². The number of aryl methyl sites for hydroxylation is 1. The van der Waals surface area contributed by atoms with Gasteiger partial charge in [0.15, 0.2) is 0 Å². The zero-order valence-electron chi connectivity index (χ0n) is 10.3. The summed E-state index contributed by atoms with van der Waals surface area (Å²) in [5.41, 5.74) is 6.16. The summed E-state index contributed by atoms with van der Waals surface area (Å²) in [5, 5.41) is 0. The number of rotatable bonds is 8. The Morgan fingerprint density at radius 3 is 2.88 bits per heavy atom. The number of aromatic amines is 1. The summed E-state index contributed by atoms with van der Waals surface area (Å²) in [6, 6.07) is 0. The summed E-state index contributed by atoms with van der Waals surface area (Å²) in [7, 11) is 0. The van der Waals surface area contributed by atoms with Crippen molar-refractivity contribution in [3.05, 3.63) is 18.2 Å². The van der Waals surface area contributed by atoms with Gasteiger partial charge in [0.1, 0.15) is 6.10 Å². The van der Waals surface area contributed by atoms with E-state index >= 15 is 0 Å². The number of H-pyrrole nitrogens is 1. The van der Waals surface area contributed by atoms with E-state index in [1.165, 1.54) is 0 Å². The summed E-state index contributed by atoms with van der Waals surface area (Å²) < 4.78 is 5.08. The van der Waals surface area contributed by atoms with Gasteiger partial charge in [0.25, 0.3) is 0 Å². The predicted octanol–water partition coefficient (Wildman–Crippen LogP) is 2.39. The van der Waals surface area contributed by atoms with Crippen molar-refractivity contribution in [2.24, 2.45) is 5.73 Å². The Hall–Kier alpha value is -1.52. The first-order valence-electron chi connectivity index (χ1n) is 6.15. The van der Waals surface area contributed by atoms with Crippen molar-refractivity contribution in [1.29, 1.82) is 0 Å². The van der Waals surface area contributed by atoms with E-state index in [9.17, 15) is 4.79 Å². The molecule has 5 nitrogen and oxygen atoms in total. The number of hydrogen-bond donors (Lipinski definition) is 2. The highest BCUT2D eigenvalue weighted by Gasteiger charge is 2.11. The van der Waals surface area contributed by atoms with Crippen molar-refractivity contribution < 1.29 is 9.53 Å². The van der Waals surface area contributed by atoms with Crippen LogP contribution in [0.2, 0.25) is 0 Å². The molecule has 1 atom stereocenters. The Kier molecular flexibility index (Phi) is 6.14. The number of carbonyl (C=O) groups excluding carboxylic acids is 1. The largest absolute Gasteiger partial charge is 0.446 e. The maximum absolute atomic E-state index is 10.7. The Morgan fingerprint density at radius 1 is 1.53 bits per heavy atom. The number of imidazole rings is 1. The summed E-state index contributed by atoms with van der Waals surface area (Å²) in [6.07, 6.45) is 8.54. The fourth-order valence-corrected chi connectivity index (χ4v) is 1.80. The number of ether oxygens (including phenoxy) is 1. The first kappa shape index (κ1) is 13.5. The number of primary amides is 1. The molecule has 1 unspecified atom stereocenters. The Bertz CT molecular complexity index is 312. The number of nitrogens with one attached hydrogen (secondary N) is 1.